The molecule has 1 aliphatic rings. The van der Waals surface area contributed by atoms with Gasteiger partial charge >= 0.3 is 0 Å². The van der Waals surface area contributed by atoms with Crippen LogP contribution in [0.4, 0.5) is 0 Å². The maximum atomic E-state index is 12.3. The SMILES string of the molecule is COc1ccc(C(=O)NCCN2CCN(C(=O)[C@@H](N)C(C)C)CC2)cc1.Cl. The Morgan fingerprint density at radius 2 is 1.74 bits per heavy atom. The van der Waals surface area contributed by atoms with Crippen molar-refractivity contribution in [2.75, 3.05) is 46.4 Å². The molecule has 1 aromatic rings. The number of carbonyl (C=O) groups is 2. The van der Waals surface area contributed by atoms with Crippen LogP contribution in [-0.4, -0.2) is 74.0 Å². The van der Waals surface area contributed by atoms with E-state index in [-0.39, 0.29) is 30.1 Å². The minimum absolute atomic E-state index is 0. The van der Waals surface area contributed by atoms with Gasteiger partial charge in [0, 0.05) is 44.8 Å². The molecular formula is C19H31ClN4O3. The van der Waals surface area contributed by atoms with Crippen LogP contribution in [-0.2, 0) is 4.79 Å². The molecule has 1 aromatic carbocycles. The summed E-state index contributed by atoms with van der Waals surface area (Å²) in [7, 11) is 1.60. The van der Waals surface area contributed by atoms with E-state index >= 15 is 0 Å². The number of nitrogens with two attached hydrogens (primary N) is 1. The number of carbonyl (C=O) groups excluding carboxylic acids is 2. The third-order valence-corrected chi connectivity index (χ3v) is 4.75. The lowest BCUT2D eigenvalue weighted by Crippen LogP contribution is -2.55. The lowest BCUT2D eigenvalue weighted by Gasteiger charge is -2.36. The van der Waals surface area contributed by atoms with Crippen LogP contribution in [0, 0.1) is 5.92 Å². The summed E-state index contributed by atoms with van der Waals surface area (Å²) < 4.78 is 5.09. The van der Waals surface area contributed by atoms with Gasteiger partial charge in [0.25, 0.3) is 5.91 Å². The normalized spacial score (nSPS) is 15.8. The van der Waals surface area contributed by atoms with Crippen molar-refractivity contribution in [3.05, 3.63) is 29.8 Å². The Balaban J connectivity index is 0.00000364. The van der Waals surface area contributed by atoms with Crippen LogP contribution < -0.4 is 15.8 Å². The second kappa shape index (κ2) is 11.1. The van der Waals surface area contributed by atoms with Gasteiger partial charge in [-0.3, -0.25) is 14.5 Å². The molecule has 2 rings (SSSR count). The first-order valence-electron chi connectivity index (χ1n) is 9.11. The Morgan fingerprint density at radius 1 is 1.15 bits per heavy atom. The van der Waals surface area contributed by atoms with E-state index in [1.54, 1.807) is 31.4 Å². The minimum Gasteiger partial charge on any atom is -0.497 e. The molecule has 2 amide bonds. The van der Waals surface area contributed by atoms with Gasteiger partial charge in [-0.1, -0.05) is 13.8 Å². The van der Waals surface area contributed by atoms with Gasteiger partial charge in [-0.15, -0.1) is 12.4 Å². The number of hydrogen-bond acceptors (Lipinski definition) is 5. The first-order chi connectivity index (χ1) is 12.4. The molecule has 8 heteroatoms. The zero-order valence-electron chi connectivity index (χ0n) is 16.3. The van der Waals surface area contributed by atoms with Crippen LogP contribution in [0.15, 0.2) is 24.3 Å². The summed E-state index contributed by atoms with van der Waals surface area (Å²) in [6.45, 7) is 8.24. The Labute approximate surface area is 167 Å². The maximum absolute atomic E-state index is 12.3. The molecule has 152 valence electrons. The molecule has 1 aliphatic heterocycles. The number of rotatable bonds is 7. The highest BCUT2D eigenvalue weighted by Gasteiger charge is 2.26. The zero-order valence-corrected chi connectivity index (χ0v) is 17.1. The molecule has 1 fully saturated rings. The van der Waals surface area contributed by atoms with E-state index < -0.39 is 6.04 Å². The van der Waals surface area contributed by atoms with Crippen LogP contribution in [0.2, 0.25) is 0 Å². The van der Waals surface area contributed by atoms with Crippen molar-refractivity contribution >= 4 is 24.2 Å². The number of benzene rings is 1. The van der Waals surface area contributed by atoms with Crippen molar-refractivity contribution < 1.29 is 14.3 Å². The number of halogens is 1. The molecule has 0 spiro atoms. The summed E-state index contributed by atoms with van der Waals surface area (Å²) in [5, 5.41) is 2.93. The van der Waals surface area contributed by atoms with Crippen LogP contribution in [0.5, 0.6) is 5.75 Å². The monoisotopic (exact) mass is 398 g/mol. The van der Waals surface area contributed by atoms with E-state index in [1.807, 2.05) is 18.7 Å². The van der Waals surface area contributed by atoms with Gasteiger partial charge in [-0.2, -0.15) is 0 Å². The molecule has 0 radical (unpaired) electrons. The van der Waals surface area contributed by atoms with Crippen molar-refractivity contribution in [3.8, 4) is 5.75 Å². The molecule has 7 nitrogen and oxygen atoms in total. The Morgan fingerprint density at radius 3 is 2.26 bits per heavy atom. The molecule has 1 heterocycles. The average Bonchev–Trinajstić information content (AvgIpc) is 2.67. The lowest BCUT2D eigenvalue weighted by atomic mass is 10.0. The molecule has 1 atom stereocenters. The van der Waals surface area contributed by atoms with Crippen molar-refractivity contribution in [2.24, 2.45) is 11.7 Å². The van der Waals surface area contributed by atoms with Gasteiger partial charge < -0.3 is 20.7 Å². The maximum Gasteiger partial charge on any atom is 0.251 e. The average molecular weight is 399 g/mol. The lowest BCUT2D eigenvalue weighted by molar-refractivity contribution is -0.135. The topological polar surface area (TPSA) is 87.9 Å². The molecule has 0 aromatic heterocycles. The van der Waals surface area contributed by atoms with Crippen LogP contribution in [0.3, 0.4) is 0 Å². The van der Waals surface area contributed by atoms with Crippen LogP contribution in [0.25, 0.3) is 0 Å². The standard InChI is InChI=1S/C19H30N4O3.ClH/c1-14(2)17(20)19(25)23-12-10-22(11-13-23)9-8-21-18(24)15-4-6-16(26-3)7-5-15;/h4-7,14,17H,8-13,20H2,1-3H3,(H,21,24);1H/t17-;/m0./s1. The third kappa shape index (κ3) is 6.68. The smallest absolute Gasteiger partial charge is 0.251 e. The summed E-state index contributed by atoms with van der Waals surface area (Å²) in [4.78, 5) is 28.5. The predicted molar refractivity (Wildman–Crippen MR) is 108 cm³/mol. The zero-order chi connectivity index (χ0) is 19.1. The fraction of sp³-hybridized carbons (Fsp3) is 0.579. The molecule has 0 aliphatic carbocycles. The fourth-order valence-electron chi connectivity index (χ4n) is 2.86. The Kier molecular flexibility index (Phi) is 9.55. The summed E-state index contributed by atoms with van der Waals surface area (Å²) >= 11 is 0. The number of hydrogen-bond donors (Lipinski definition) is 2. The quantitative estimate of drug-likeness (QED) is 0.714. The number of nitrogens with zero attached hydrogens (tertiary/aromatic N) is 2. The highest BCUT2D eigenvalue weighted by Crippen LogP contribution is 2.11. The van der Waals surface area contributed by atoms with Gasteiger partial charge in [0.15, 0.2) is 0 Å². The first-order valence-corrected chi connectivity index (χ1v) is 9.11. The number of ether oxygens (including phenoxy) is 1. The minimum atomic E-state index is -0.426. The summed E-state index contributed by atoms with van der Waals surface area (Å²) in [6, 6.07) is 6.61. The highest BCUT2D eigenvalue weighted by molar-refractivity contribution is 5.94. The summed E-state index contributed by atoms with van der Waals surface area (Å²) in [5.74, 6) is 0.816. The molecular weight excluding hydrogens is 368 g/mol. The van der Waals surface area contributed by atoms with Crippen LogP contribution in [0.1, 0.15) is 24.2 Å². The molecule has 0 saturated carbocycles. The van der Waals surface area contributed by atoms with Crippen LogP contribution >= 0.6 is 12.4 Å². The van der Waals surface area contributed by atoms with Gasteiger partial charge in [0.2, 0.25) is 5.91 Å². The van der Waals surface area contributed by atoms with Gasteiger partial charge in [0.05, 0.1) is 13.2 Å². The first kappa shape index (κ1) is 23.2. The highest BCUT2D eigenvalue weighted by atomic mass is 35.5. The number of nitrogens with one attached hydrogen (secondary N) is 1. The van der Waals surface area contributed by atoms with Gasteiger partial charge in [-0.05, 0) is 30.2 Å². The van der Waals surface area contributed by atoms with Gasteiger partial charge in [0.1, 0.15) is 5.75 Å². The Hall–Kier alpha value is -1.83. The van der Waals surface area contributed by atoms with Crippen molar-refractivity contribution in [1.82, 2.24) is 15.1 Å². The van der Waals surface area contributed by atoms with E-state index in [0.717, 1.165) is 25.4 Å². The second-order valence-electron chi connectivity index (χ2n) is 6.92. The molecule has 27 heavy (non-hydrogen) atoms. The van der Waals surface area contributed by atoms with Crippen molar-refractivity contribution in [1.29, 1.82) is 0 Å². The van der Waals surface area contributed by atoms with E-state index in [4.69, 9.17) is 10.5 Å². The summed E-state index contributed by atoms with van der Waals surface area (Å²) in [6.07, 6.45) is 0. The third-order valence-electron chi connectivity index (χ3n) is 4.75. The van der Waals surface area contributed by atoms with Gasteiger partial charge in [-0.25, -0.2) is 0 Å². The number of amides is 2. The molecule has 0 bridgehead atoms. The predicted octanol–water partition coefficient (Wildman–Crippen LogP) is 0.974. The van der Waals surface area contributed by atoms with Crippen molar-refractivity contribution in [3.63, 3.8) is 0 Å². The molecule has 0 unspecified atom stereocenters. The van der Waals surface area contributed by atoms with E-state index in [9.17, 15) is 9.59 Å². The largest absolute Gasteiger partial charge is 0.497 e. The number of methoxy groups -OCH3 is 1. The van der Waals surface area contributed by atoms with E-state index in [2.05, 4.69) is 10.2 Å². The summed E-state index contributed by atoms with van der Waals surface area (Å²) in [5.41, 5.74) is 6.57. The molecule has 1 saturated heterocycles. The fourth-order valence-corrected chi connectivity index (χ4v) is 2.86. The van der Waals surface area contributed by atoms with E-state index in [1.165, 1.54) is 0 Å². The second-order valence-corrected chi connectivity index (χ2v) is 6.92. The molecule has 3 N–H and O–H groups in total. The Bertz CT molecular complexity index is 601. The number of piperazine rings is 1. The van der Waals surface area contributed by atoms with E-state index in [0.29, 0.717) is 25.2 Å². The van der Waals surface area contributed by atoms with Crippen molar-refractivity contribution in [2.45, 2.75) is 19.9 Å².